The molecule has 3 amide bonds. The summed E-state index contributed by atoms with van der Waals surface area (Å²) in [5, 5.41) is 19.3. The van der Waals surface area contributed by atoms with Crippen molar-refractivity contribution in [3.05, 3.63) is 35.0 Å². The maximum absolute atomic E-state index is 13.0. The summed E-state index contributed by atoms with van der Waals surface area (Å²) >= 11 is 6.02. The molecule has 3 atom stereocenters. The lowest BCUT2D eigenvalue weighted by molar-refractivity contribution is -0.128. The number of benzene rings is 1. The summed E-state index contributed by atoms with van der Waals surface area (Å²) < 4.78 is 0. The number of hydrogen-bond acceptors (Lipinski definition) is 4. The first-order chi connectivity index (χ1) is 15.4. The lowest BCUT2D eigenvalue weighted by Crippen LogP contribution is -2.50. The van der Waals surface area contributed by atoms with Crippen LogP contribution in [0.5, 0.6) is 0 Å². The average Bonchev–Trinajstić information content (AvgIpc) is 3.49. The highest BCUT2D eigenvalue weighted by molar-refractivity contribution is 6.31. The molecule has 32 heavy (non-hydrogen) atoms. The van der Waals surface area contributed by atoms with Crippen LogP contribution in [0.4, 0.5) is 0 Å². The Morgan fingerprint density at radius 1 is 1.19 bits per heavy atom. The van der Waals surface area contributed by atoms with Crippen LogP contribution < -0.4 is 16.0 Å². The summed E-state index contributed by atoms with van der Waals surface area (Å²) in [6.45, 7) is 0.647. The molecular formula is C23H26ClN5O3. The zero-order valence-electron chi connectivity index (χ0n) is 17.6. The SMILES string of the molecule is N#C[C@H](C[C@@H]1CCCNC1=O)NC(=O)[C@H](CC1CC1)NC(=O)c1cc2cc(Cl)ccc2[nH]1. The quantitative estimate of drug-likeness (QED) is 0.488. The van der Waals surface area contributed by atoms with Crippen molar-refractivity contribution >= 4 is 40.2 Å². The first-order valence-corrected chi connectivity index (χ1v) is 11.4. The fourth-order valence-corrected chi connectivity index (χ4v) is 4.32. The molecule has 4 N–H and O–H groups in total. The number of carbonyl (C=O) groups is 3. The van der Waals surface area contributed by atoms with Crippen LogP contribution in [-0.2, 0) is 9.59 Å². The Bertz CT molecular complexity index is 1070. The number of rotatable bonds is 8. The Morgan fingerprint density at radius 3 is 2.72 bits per heavy atom. The highest BCUT2D eigenvalue weighted by Gasteiger charge is 2.33. The minimum atomic E-state index is -0.787. The van der Waals surface area contributed by atoms with Crippen molar-refractivity contribution < 1.29 is 14.4 Å². The highest BCUT2D eigenvalue weighted by Crippen LogP contribution is 2.33. The Hall–Kier alpha value is -3.05. The predicted octanol–water partition coefficient (Wildman–Crippen LogP) is 2.64. The van der Waals surface area contributed by atoms with E-state index in [0.717, 1.165) is 30.2 Å². The zero-order valence-corrected chi connectivity index (χ0v) is 18.4. The van der Waals surface area contributed by atoms with Crippen molar-refractivity contribution in [3.8, 4) is 6.07 Å². The largest absolute Gasteiger partial charge is 0.356 e. The van der Waals surface area contributed by atoms with Gasteiger partial charge in [0, 0.05) is 28.4 Å². The van der Waals surface area contributed by atoms with Gasteiger partial charge < -0.3 is 20.9 Å². The summed E-state index contributed by atoms with van der Waals surface area (Å²) in [4.78, 5) is 40.9. The Kier molecular flexibility index (Phi) is 6.66. The summed E-state index contributed by atoms with van der Waals surface area (Å²) in [5.41, 5.74) is 1.12. The maximum Gasteiger partial charge on any atom is 0.268 e. The van der Waals surface area contributed by atoms with Crippen molar-refractivity contribution in [3.63, 3.8) is 0 Å². The van der Waals surface area contributed by atoms with Gasteiger partial charge in [0.05, 0.1) is 6.07 Å². The minimum absolute atomic E-state index is 0.0764. The number of nitrogens with one attached hydrogen (secondary N) is 4. The molecule has 1 aliphatic heterocycles. The fourth-order valence-electron chi connectivity index (χ4n) is 4.14. The number of aromatic amines is 1. The molecular weight excluding hydrogens is 430 g/mol. The predicted molar refractivity (Wildman–Crippen MR) is 120 cm³/mol. The van der Waals surface area contributed by atoms with Gasteiger partial charge in [-0.15, -0.1) is 0 Å². The molecule has 2 aliphatic rings. The van der Waals surface area contributed by atoms with E-state index in [1.54, 1.807) is 24.3 Å². The molecule has 1 aromatic heterocycles. The van der Waals surface area contributed by atoms with Gasteiger partial charge in [0.1, 0.15) is 17.8 Å². The molecule has 1 aliphatic carbocycles. The van der Waals surface area contributed by atoms with E-state index in [1.165, 1.54) is 0 Å². The summed E-state index contributed by atoms with van der Waals surface area (Å²) in [6.07, 6.45) is 4.39. The Morgan fingerprint density at radius 2 is 2.00 bits per heavy atom. The molecule has 0 bridgehead atoms. The number of amides is 3. The molecule has 1 saturated heterocycles. The van der Waals surface area contributed by atoms with Crippen molar-refractivity contribution in [2.24, 2.45) is 11.8 Å². The minimum Gasteiger partial charge on any atom is -0.356 e. The summed E-state index contributed by atoms with van der Waals surface area (Å²) in [6, 6.07) is 7.54. The van der Waals surface area contributed by atoms with Crippen molar-refractivity contribution in [2.45, 2.75) is 50.6 Å². The number of nitrogens with zero attached hydrogens (tertiary/aromatic N) is 1. The number of nitriles is 1. The Balaban J connectivity index is 1.42. The molecule has 168 valence electrons. The van der Waals surface area contributed by atoms with Crippen LogP contribution in [-0.4, -0.2) is 41.3 Å². The summed E-state index contributed by atoms with van der Waals surface area (Å²) in [7, 11) is 0. The van der Waals surface area contributed by atoms with E-state index < -0.39 is 23.9 Å². The normalized spacial score (nSPS) is 20.1. The van der Waals surface area contributed by atoms with Crippen LogP contribution in [0.2, 0.25) is 5.02 Å². The second-order valence-electron chi connectivity index (χ2n) is 8.68. The summed E-state index contributed by atoms with van der Waals surface area (Å²) in [5.74, 6) is -0.765. The second kappa shape index (κ2) is 9.61. The van der Waals surface area contributed by atoms with Crippen LogP contribution in [0.1, 0.15) is 49.0 Å². The van der Waals surface area contributed by atoms with Gasteiger partial charge in [-0.05, 0) is 55.9 Å². The van der Waals surface area contributed by atoms with Gasteiger partial charge in [0.2, 0.25) is 11.8 Å². The van der Waals surface area contributed by atoms with E-state index in [1.807, 2.05) is 0 Å². The van der Waals surface area contributed by atoms with Crippen LogP contribution in [0.3, 0.4) is 0 Å². The van der Waals surface area contributed by atoms with Gasteiger partial charge in [-0.25, -0.2) is 0 Å². The van der Waals surface area contributed by atoms with Gasteiger partial charge in [-0.1, -0.05) is 24.4 Å². The van der Waals surface area contributed by atoms with Crippen molar-refractivity contribution in [2.75, 3.05) is 6.54 Å². The molecule has 2 fully saturated rings. The molecule has 8 nitrogen and oxygen atoms in total. The van der Waals surface area contributed by atoms with Crippen LogP contribution in [0.15, 0.2) is 24.3 Å². The van der Waals surface area contributed by atoms with Gasteiger partial charge in [-0.3, -0.25) is 14.4 Å². The molecule has 1 aromatic carbocycles. The van der Waals surface area contributed by atoms with E-state index in [4.69, 9.17) is 11.6 Å². The van der Waals surface area contributed by atoms with E-state index in [-0.39, 0.29) is 18.2 Å². The number of aromatic nitrogens is 1. The number of hydrogen-bond donors (Lipinski definition) is 4. The number of piperidine rings is 1. The third kappa shape index (κ3) is 5.40. The van der Waals surface area contributed by atoms with Gasteiger partial charge in [0.25, 0.3) is 5.91 Å². The number of H-pyrrole nitrogens is 1. The standard InChI is InChI=1S/C23H26ClN5O3/c24-16-5-6-18-15(9-16)11-20(28-18)23(32)29-19(8-13-3-4-13)22(31)27-17(12-25)10-14-2-1-7-26-21(14)30/h5-6,9,11,13-14,17,19,28H,1-4,7-8,10H2,(H,26,30)(H,27,31)(H,29,32)/t14-,17-,19-/m0/s1. The van der Waals surface area contributed by atoms with Crippen LogP contribution in [0, 0.1) is 23.2 Å². The van der Waals surface area contributed by atoms with Crippen LogP contribution >= 0.6 is 11.6 Å². The van der Waals surface area contributed by atoms with E-state index >= 15 is 0 Å². The molecule has 2 heterocycles. The lowest BCUT2D eigenvalue weighted by atomic mass is 9.92. The third-order valence-corrected chi connectivity index (χ3v) is 6.34. The van der Waals surface area contributed by atoms with E-state index in [9.17, 15) is 19.6 Å². The number of fused-ring (bicyclic) bond motifs is 1. The molecule has 2 aromatic rings. The molecule has 1 saturated carbocycles. The number of carbonyl (C=O) groups excluding carboxylic acids is 3. The van der Waals surface area contributed by atoms with Crippen molar-refractivity contribution in [1.29, 1.82) is 5.26 Å². The van der Waals surface area contributed by atoms with E-state index in [0.29, 0.717) is 36.0 Å². The van der Waals surface area contributed by atoms with Gasteiger partial charge in [0.15, 0.2) is 0 Å². The molecule has 0 spiro atoms. The fraction of sp³-hybridized carbons (Fsp3) is 0.478. The van der Waals surface area contributed by atoms with Crippen molar-refractivity contribution in [1.82, 2.24) is 20.9 Å². The second-order valence-corrected chi connectivity index (χ2v) is 9.11. The van der Waals surface area contributed by atoms with Crippen LogP contribution in [0.25, 0.3) is 10.9 Å². The number of halogens is 1. The topological polar surface area (TPSA) is 127 Å². The highest BCUT2D eigenvalue weighted by atomic mass is 35.5. The molecule has 4 rings (SSSR count). The monoisotopic (exact) mass is 455 g/mol. The Labute approximate surface area is 191 Å². The van der Waals surface area contributed by atoms with E-state index in [2.05, 4.69) is 27.0 Å². The smallest absolute Gasteiger partial charge is 0.268 e. The average molecular weight is 456 g/mol. The molecule has 9 heteroatoms. The third-order valence-electron chi connectivity index (χ3n) is 6.11. The van der Waals surface area contributed by atoms with Gasteiger partial charge >= 0.3 is 0 Å². The van der Waals surface area contributed by atoms with Gasteiger partial charge in [-0.2, -0.15) is 5.26 Å². The maximum atomic E-state index is 13.0. The molecule has 0 unspecified atom stereocenters. The first-order valence-electron chi connectivity index (χ1n) is 11.0. The first kappa shape index (κ1) is 22.2. The zero-order chi connectivity index (χ0) is 22.7. The molecule has 0 radical (unpaired) electrons. The lowest BCUT2D eigenvalue weighted by Gasteiger charge is -2.25.